The molecule has 504 valence electrons. The molecule has 1 aromatic rings. The molecule has 2 saturated carbocycles. The van der Waals surface area contributed by atoms with Gasteiger partial charge >= 0.3 is 6.18 Å². The number of alkyl halides is 3. The number of nitrogens with one attached hydrogen (secondary N) is 6. The van der Waals surface area contributed by atoms with Gasteiger partial charge in [-0.05, 0) is 154 Å². The number of carbonyl (C=O) groups excluding carboxylic acids is 1. The van der Waals surface area contributed by atoms with E-state index in [0.717, 1.165) is 108 Å². The molecular weight excluding hydrogens is 1150 g/mol. The molecular formula is C71H120ClF3N12O2. The number of piperidine rings is 1. The molecule has 3 saturated heterocycles. The highest BCUT2D eigenvalue weighted by Crippen LogP contribution is 2.41. The minimum atomic E-state index is -4.52. The van der Waals surface area contributed by atoms with E-state index < -0.39 is 11.7 Å². The summed E-state index contributed by atoms with van der Waals surface area (Å²) in [6, 6.07) is 5.43. The van der Waals surface area contributed by atoms with Crippen molar-refractivity contribution in [2.45, 2.75) is 257 Å². The maximum atomic E-state index is 14.8. The molecule has 2 aliphatic carbocycles. The number of ether oxygens (including phenoxy) is 1. The van der Waals surface area contributed by atoms with E-state index in [1.165, 1.54) is 74.9 Å². The number of benzene rings is 1. The zero-order valence-electron chi connectivity index (χ0n) is 57.2. The second-order valence-corrected chi connectivity index (χ2v) is 29.0. The van der Waals surface area contributed by atoms with Crippen LogP contribution in [0.5, 0.6) is 0 Å². The van der Waals surface area contributed by atoms with Crippen LogP contribution in [0.4, 0.5) is 13.2 Å². The van der Waals surface area contributed by atoms with Crippen molar-refractivity contribution in [3.8, 4) is 0 Å². The number of nitrogens with zero attached hydrogens (tertiary/aromatic N) is 6. The Balaban J connectivity index is 1.19. The van der Waals surface area contributed by atoms with E-state index in [-0.39, 0.29) is 77.0 Å². The number of aryl methyl sites for hydroxylation is 1. The number of amides is 1. The van der Waals surface area contributed by atoms with Gasteiger partial charge in [-0.2, -0.15) is 13.2 Å². The van der Waals surface area contributed by atoms with Crippen molar-refractivity contribution in [2.24, 2.45) is 28.7 Å². The fourth-order valence-electron chi connectivity index (χ4n) is 15.7. The summed E-state index contributed by atoms with van der Waals surface area (Å²) in [5.74, 6) is 1.73. The maximum Gasteiger partial charge on any atom is 0.417 e. The fraction of sp³-hybridized carbons (Fsp3) is 0.775. The van der Waals surface area contributed by atoms with Gasteiger partial charge in [-0.3, -0.25) is 14.7 Å². The van der Waals surface area contributed by atoms with E-state index in [0.29, 0.717) is 49.6 Å². The van der Waals surface area contributed by atoms with Crippen LogP contribution in [0.2, 0.25) is 5.02 Å². The molecule has 0 radical (unpaired) electrons. The van der Waals surface area contributed by atoms with Gasteiger partial charge < -0.3 is 56.2 Å². The van der Waals surface area contributed by atoms with Crippen molar-refractivity contribution in [1.29, 1.82) is 0 Å². The van der Waals surface area contributed by atoms with Crippen LogP contribution in [-0.4, -0.2) is 176 Å². The predicted octanol–water partition coefficient (Wildman–Crippen LogP) is 12.3. The van der Waals surface area contributed by atoms with Crippen molar-refractivity contribution < 1.29 is 22.7 Å². The lowest BCUT2D eigenvalue weighted by Crippen LogP contribution is -2.76. The molecule has 5 fully saturated rings. The van der Waals surface area contributed by atoms with Gasteiger partial charge in [0.1, 0.15) is 0 Å². The van der Waals surface area contributed by atoms with Crippen LogP contribution < -0.4 is 31.9 Å². The summed E-state index contributed by atoms with van der Waals surface area (Å²) >= 11 is 6.20. The summed E-state index contributed by atoms with van der Waals surface area (Å²) in [6.45, 7) is 29.7. The minimum Gasteiger partial charge on any atom is -0.380 e. The van der Waals surface area contributed by atoms with Crippen LogP contribution in [-0.2, 0) is 22.1 Å². The molecule has 18 heteroatoms. The van der Waals surface area contributed by atoms with Crippen LogP contribution >= 0.6 is 11.6 Å². The molecule has 1 spiro atoms. The molecule has 5 unspecified atom stereocenters. The van der Waals surface area contributed by atoms with Crippen LogP contribution in [0.25, 0.3) is 0 Å². The third-order valence-electron chi connectivity index (χ3n) is 21.0. The van der Waals surface area contributed by atoms with Gasteiger partial charge in [0.2, 0.25) is 5.91 Å². The number of carbonyl (C=O) groups is 1. The highest BCUT2D eigenvalue weighted by molar-refractivity contribution is 6.31. The topological polar surface area (TPSA) is 127 Å². The second kappa shape index (κ2) is 35.0. The zero-order valence-corrected chi connectivity index (χ0v) is 57.9. The third kappa shape index (κ3) is 20.9. The summed E-state index contributed by atoms with van der Waals surface area (Å²) in [4.78, 5) is 31.7. The molecule has 1 aromatic carbocycles. The molecule has 0 bridgehead atoms. The quantitative estimate of drug-likeness (QED) is 0.126. The largest absolute Gasteiger partial charge is 0.417 e. The molecule has 4 heterocycles. The Bertz CT molecular complexity index is 2470. The van der Waals surface area contributed by atoms with Gasteiger partial charge in [0, 0.05) is 175 Å². The SMILES string of the molecule is CO[C@H](C)[C@@H]1CN[C@@H](CC(C)C)C(C)NCC2[C@@H](C(=O)N3CCCCC3)C(C)N2[C@@H](C(C)C)C(C)NC2(CCCC2)CNCCN=CC=C(CCc2ccc(C(F)(F)F)c(Cl)c2)NC=CN(C)C=C(CC2CCCCC2)N(C)C=C2CCCN2[C@@H](C)C(C)N1. The van der Waals surface area contributed by atoms with Crippen molar-refractivity contribution in [3.63, 3.8) is 0 Å². The first kappa shape index (κ1) is 72.7. The van der Waals surface area contributed by atoms with Crippen molar-refractivity contribution in [3.05, 3.63) is 82.3 Å². The van der Waals surface area contributed by atoms with Crippen LogP contribution in [0.15, 0.2) is 71.2 Å². The highest BCUT2D eigenvalue weighted by Gasteiger charge is 2.55. The van der Waals surface area contributed by atoms with Crippen molar-refractivity contribution >= 4 is 23.7 Å². The number of allylic oxidation sites excluding steroid dienone is 4. The van der Waals surface area contributed by atoms with Gasteiger partial charge in [-0.15, -0.1) is 0 Å². The Labute approximate surface area is 541 Å². The van der Waals surface area contributed by atoms with Gasteiger partial charge in [-0.25, -0.2) is 0 Å². The smallest absolute Gasteiger partial charge is 0.380 e. The zero-order chi connectivity index (χ0) is 64.4. The highest BCUT2D eigenvalue weighted by atomic mass is 35.5. The van der Waals surface area contributed by atoms with Crippen LogP contribution in [0, 0.1) is 23.7 Å². The fourth-order valence-corrected chi connectivity index (χ4v) is 16.0. The molecule has 14 nitrogen and oxygen atoms in total. The summed E-state index contributed by atoms with van der Waals surface area (Å²) < 4.78 is 47.2. The summed E-state index contributed by atoms with van der Waals surface area (Å²) in [7, 11) is 6.12. The molecule has 4 aliphatic heterocycles. The average Bonchev–Trinajstić information content (AvgIpc) is 1.38. The Morgan fingerprint density at radius 1 is 0.843 bits per heavy atom. The number of rotatable bonds is 11. The standard InChI is InChI=1S/C71H120ClF3N12O2/c1-49(2)41-64-52(6)79-45-66-67(69(88)85-37-20-15-21-38-85)55(9)87(66)68(50(3)4)53(7)82-70(31-18-19-32-70)48-77-35-34-76-33-30-59(28-26-58-27-29-62(63(72)43-58)71(73,74)75)78-36-40-83(11)46-61(42-57-23-16-14-17-24-57)84(12)47-60-25-22-39-86(60)54(8)51(5)81-65(44-80-64)56(10)89-13/h27,29-30,33,36,40,43,46-47,49-57,64-68,77-82H,14-26,28,31-32,34-35,37-39,41-42,44-45,48H2,1-13H3/t51?,52?,53?,54-,55?,56+,64-,65-,66?,67-,68-/m0/s1. The van der Waals surface area contributed by atoms with E-state index >= 15 is 0 Å². The van der Waals surface area contributed by atoms with Crippen LogP contribution in [0.3, 0.4) is 0 Å². The van der Waals surface area contributed by atoms with E-state index in [9.17, 15) is 18.0 Å². The maximum absolute atomic E-state index is 14.8. The number of halogens is 4. The van der Waals surface area contributed by atoms with Gasteiger partial charge in [-0.1, -0.05) is 90.3 Å². The normalized spacial score (nSPS) is 30.1. The molecule has 6 aliphatic rings. The third-order valence-corrected chi connectivity index (χ3v) is 21.3. The molecule has 0 aromatic heterocycles. The van der Waals surface area contributed by atoms with Gasteiger partial charge in [0.05, 0.1) is 29.2 Å². The van der Waals surface area contributed by atoms with E-state index in [1.54, 1.807) is 0 Å². The predicted molar refractivity (Wildman–Crippen MR) is 363 cm³/mol. The van der Waals surface area contributed by atoms with Gasteiger partial charge in [0.15, 0.2) is 0 Å². The molecule has 89 heavy (non-hydrogen) atoms. The Morgan fingerprint density at radius 3 is 2.24 bits per heavy atom. The summed E-state index contributed by atoms with van der Waals surface area (Å²) in [6.07, 6.45) is 27.4. The second-order valence-electron chi connectivity index (χ2n) is 28.6. The molecule has 1 amide bonds. The first-order chi connectivity index (χ1) is 42.5. The monoisotopic (exact) mass is 1260 g/mol. The number of methoxy groups -OCH3 is 1. The number of likely N-dealkylation sites (tertiary alicyclic amines) is 1. The van der Waals surface area contributed by atoms with E-state index in [2.05, 4.69) is 152 Å². The average molecular weight is 1270 g/mol. The lowest BCUT2D eigenvalue weighted by Gasteiger charge is -2.60. The number of fused-ring (bicyclic) bond motifs is 2. The van der Waals surface area contributed by atoms with E-state index in [4.69, 9.17) is 21.3 Å². The minimum absolute atomic E-state index is 0.0246. The van der Waals surface area contributed by atoms with Gasteiger partial charge in [0.25, 0.3) is 0 Å². The summed E-state index contributed by atoms with van der Waals surface area (Å²) in [5.41, 5.74) is 3.36. The Kier molecular flexibility index (Phi) is 28.6. The van der Waals surface area contributed by atoms with E-state index in [1.807, 2.05) is 31.8 Å². The summed E-state index contributed by atoms with van der Waals surface area (Å²) in [5, 5.41) is 23.7. The Morgan fingerprint density at radius 2 is 1.56 bits per heavy atom. The molecule has 11 atom stereocenters. The lowest BCUT2D eigenvalue weighted by molar-refractivity contribution is -0.162. The number of hydrogen-bond donors (Lipinski definition) is 6. The number of aliphatic imine (C=N–C) groups is 1. The number of hydrogen-bond acceptors (Lipinski definition) is 13. The Hall–Kier alpha value is -3.68. The first-order valence-corrected chi connectivity index (χ1v) is 35.3. The van der Waals surface area contributed by atoms with Crippen LogP contribution in [0.1, 0.15) is 190 Å². The van der Waals surface area contributed by atoms with Crippen molar-refractivity contribution in [1.82, 2.24) is 56.4 Å². The first-order valence-electron chi connectivity index (χ1n) is 34.9. The molecule has 6 N–H and O–H groups in total. The molecule has 7 rings (SSSR count). The lowest BCUT2D eigenvalue weighted by atomic mass is 9.74. The van der Waals surface area contributed by atoms with Crippen molar-refractivity contribution in [2.75, 3.05) is 73.6 Å².